The number of carbonyl (C=O) groups excluding carboxylic acids is 2. The molecular formula is C24H22Cl2N2O4. The quantitative estimate of drug-likeness (QED) is 0.433. The standard InChI is InChI=1S/C24H22Cl2N2O4/c1-15(31-19-9-5-7-17(25)13-19)23(29)27-21-11-3-4-12-22(21)28-24(30)16(2)32-20-10-6-8-18(26)14-20/h3-16H,1-2H3,(H,27,29)(H,28,30)/t15-,16+. The van der Waals surface area contributed by atoms with Gasteiger partial charge in [-0.3, -0.25) is 9.59 Å². The summed E-state index contributed by atoms with van der Waals surface area (Å²) < 4.78 is 11.3. The van der Waals surface area contributed by atoms with Gasteiger partial charge < -0.3 is 20.1 Å². The van der Waals surface area contributed by atoms with Crippen LogP contribution in [0.25, 0.3) is 0 Å². The van der Waals surface area contributed by atoms with Crippen LogP contribution in [0.5, 0.6) is 11.5 Å². The molecule has 2 amide bonds. The third-order valence-corrected chi connectivity index (χ3v) is 4.87. The number of para-hydroxylation sites is 2. The minimum Gasteiger partial charge on any atom is -0.481 e. The minimum atomic E-state index is -0.790. The molecular weight excluding hydrogens is 451 g/mol. The summed E-state index contributed by atoms with van der Waals surface area (Å²) in [4.78, 5) is 25.3. The van der Waals surface area contributed by atoms with E-state index in [1.807, 2.05) is 0 Å². The molecule has 166 valence electrons. The normalized spacial score (nSPS) is 12.4. The molecule has 0 fully saturated rings. The van der Waals surface area contributed by atoms with Gasteiger partial charge in [0.15, 0.2) is 12.2 Å². The van der Waals surface area contributed by atoms with Gasteiger partial charge >= 0.3 is 0 Å². The van der Waals surface area contributed by atoms with Gasteiger partial charge in [-0.25, -0.2) is 0 Å². The molecule has 3 aromatic rings. The number of halogens is 2. The van der Waals surface area contributed by atoms with E-state index in [1.54, 1.807) is 86.6 Å². The highest BCUT2D eigenvalue weighted by molar-refractivity contribution is 6.31. The lowest BCUT2D eigenvalue weighted by Gasteiger charge is -2.18. The van der Waals surface area contributed by atoms with Crippen LogP contribution in [0.4, 0.5) is 11.4 Å². The minimum absolute atomic E-state index is 0.380. The summed E-state index contributed by atoms with van der Waals surface area (Å²) in [6.07, 6.45) is -1.58. The molecule has 0 saturated heterocycles. The molecule has 0 bridgehead atoms. The van der Waals surface area contributed by atoms with Gasteiger partial charge in [-0.05, 0) is 62.4 Å². The highest BCUT2D eigenvalue weighted by atomic mass is 35.5. The number of rotatable bonds is 8. The molecule has 3 aromatic carbocycles. The fourth-order valence-corrected chi connectivity index (χ4v) is 3.13. The zero-order valence-electron chi connectivity index (χ0n) is 17.5. The second-order valence-corrected chi connectivity index (χ2v) is 7.83. The number of anilines is 2. The van der Waals surface area contributed by atoms with Crippen LogP contribution in [0.3, 0.4) is 0 Å². The van der Waals surface area contributed by atoms with Crippen molar-refractivity contribution in [3.05, 3.63) is 82.8 Å². The van der Waals surface area contributed by atoms with Crippen LogP contribution in [0, 0.1) is 0 Å². The van der Waals surface area contributed by atoms with Crippen LogP contribution in [0.1, 0.15) is 13.8 Å². The van der Waals surface area contributed by atoms with Gasteiger partial charge in [0.1, 0.15) is 11.5 Å². The van der Waals surface area contributed by atoms with Crippen molar-refractivity contribution in [2.45, 2.75) is 26.1 Å². The van der Waals surface area contributed by atoms with E-state index in [-0.39, 0.29) is 11.8 Å². The fraction of sp³-hybridized carbons (Fsp3) is 0.167. The topological polar surface area (TPSA) is 76.7 Å². The monoisotopic (exact) mass is 472 g/mol. The van der Waals surface area contributed by atoms with Gasteiger partial charge in [-0.15, -0.1) is 0 Å². The summed E-state index contributed by atoms with van der Waals surface area (Å²) >= 11 is 11.9. The molecule has 0 aliphatic carbocycles. The van der Waals surface area contributed by atoms with Crippen LogP contribution >= 0.6 is 23.2 Å². The molecule has 0 aliphatic rings. The Labute approximate surface area is 196 Å². The number of hydrogen-bond donors (Lipinski definition) is 2. The Balaban J connectivity index is 1.63. The van der Waals surface area contributed by atoms with Crippen LogP contribution in [-0.2, 0) is 9.59 Å². The van der Waals surface area contributed by atoms with Crippen molar-refractivity contribution in [1.29, 1.82) is 0 Å². The van der Waals surface area contributed by atoms with Gasteiger partial charge in [0.25, 0.3) is 11.8 Å². The van der Waals surface area contributed by atoms with E-state index in [1.165, 1.54) is 0 Å². The first-order valence-corrected chi connectivity index (χ1v) is 10.6. The van der Waals surface area contributed by atoms with Crippen molar-refractivity contribution in [3.8, 4) is 11.5 Å². The number of hydrogen-bond acceptors (Lipinski definition) is 4. The van der Waals surface area contributed by atoms with Crippen LogP contribution in [0.2, 0.25) is 10.0 Å². The first kappa shape index (κ1) is 23.4. The number of amides is 2. The van der Waals surface area contributed by atoms with Crippen LogP contribution in [0.15, 0.2) is 72.8 Å². The Hall–Kier alpha value is -3.22. The number of nitrogens with one attached hydrogen (secondary N) is 2. The van der Waals surface area contributed by atoms with Gasteiger partial charge in [-0.1, -0.05) is 47.5 Å². The summed E-state index contributed by atoms with van der Waals surface area (Å²) in [5, 5.41) is 6.58. The van der Waals surface area contributed by atoms with Crippen molar-refractivity contribution in [2.75, 3.05) is 10.6 Å². The van der Waals surface area contributed by atoms with E-state index in [2.05, 4.69) is 10.6 Å². The second-order valence-electron chi connectivity index (χ2n) is 6.96. The lowest BCUT2D eigenvalue weighted by Crippen LogP contribution is -2.32. The maximum Gasteiger partial charge on any atom is 0.265 e. The molecule has 0 spiro atoms. The predicted molar refractivity (Wildman–Crippen MR) is 127 cm³/mol. The largest absolute Gasteiger partial charge is 0.481 e. The van der Waals surface area contributed by atoms with E-state index in [9.17, 15) is 9.59 Å². The Kier molecular flexibility index (Phi) is 7.98. The molecule has 0 radical (unpaired) electrons. The second kappa shape index (κ2) is 10.9. The van der Waals surface area contributed by atoms with Gasteiger partial charge in [0.05, 0.1) is 11.4 Å². The van der Waals surface area contributed by atoms with Crippen molar-refractivity contribution in [2.24, 2.45) is 0 Å². The summed E-state index contributed by atoms with van der Waals surface area (Å²) in [5.41, 5.74) is 0.865. The summed E-state index contributed by atoms with van der Waals surface area (Å²) in [7, 11) is 0. The lowest BCUT2D eigenvalue weighted by atomic mass is 10.2. The zero-order valence-corrected chi connectivity index (χ0v) is 19.0. The maximum absolute atomic E-state index is 12.6. The Morgan fingerprint density at radius 3 is 1.47 bits per heavy atom. The average Bonchev–Trinajstić information content (AvgIpc) is 2.75. The summed E-state index contributed by atoms with van der Waals surface area (Å²) in [6, 6.07) is 20.4. The third-order valence-electron chi connectivity index (χ3n) is 4.40. The van der Waals surface area contributed by atoms with Crippen molar-refractivity contribution >= 4 is 46.4 Å². The van der Waals surface area contributed by atoms with Crippen molar-refractivity contribution in [1.82, 2.24) is 0 Å². The lowest BCUT2D eigenvalue weighted by molar-refractivity contribution is -0.122. The highest BCUT2D eigenvalue weighted by Gasteiger charge is 2.19. The Morgan fingerprint density at radius 2 is 1.09 bits per heavy atom. The fourth-order valence-electron chi connectivity index (χ4n) is 2.77. The SMILES string of the molecule is C[C@H](Oc1cccc(Cl)c1)C(=O)Nc1ccccc1NC(=O)[C@@H](C)Oc1cccc(Cl)c1. The third kappa shape index (κ3) is 6.64. The molecule has 0 unspecified atom stereocenters. The van der Waals surface area contributed by atoms with Gasteiger partial charge in [0, 0.05) is 10.0 Å². The molecule has 0 aromatic heterocycles. The number of benzene rings is 3. The molecule has 8 heteroatoms. The van der Waals surface area contributed by atoms with Crippen molar-refractivity contribution < 1.29 is 19.1 Å². The Bertz CT molecular complexity index is 1020. The molecule has 0 saturated carbocycles. The molecule has 3 rings (SSSR count). The van der Waals surface area contributed by atoms with Gasteiger partial charge in [0.2, 0.25) is 0 Å². The van der Waals surface area contributed by atoms with Gasteiger partial charge in [-0.2, -0.15) is 0 Å². The van der Waals surface area contributed by atoms with E-state index in [0.717, 1.165) is 0 Å². The average molecular weight is 473 g/mol. The van der Waals surface area contributed by atoms with Crippen molar-refractivity contribution in [3.63, 3.8) is 0 Å². The maximum atomic E-state index is 12.6. The highest BCUT2D eigenvalue weighted by Crippen LogP contribution is 2.24. The first-order chi connectivity index (χ1) is 15.3. The molecule has 32 heavy (non-hydrogen) atoms. The zero-order chi connectivity index (χ0) is 23.1. The van der Waals surface area contributed by atoms with Crippen LogP contribution < -0.4 is 20.1 Å². The Morgan fingerprint density at radius 1 is 0.688 bits per heavy atom. The molecule has 2 atom stereocenters. The molecule has 2 N–H and O–H groups in total. The smallest absolute Gasteiger partial charge is 0.265 e. The number of ether oxygens (including phenoxy) is 2. The van der Waals surface area contributed by atoms with E-state index in [4.69, 9.17) is 32.7 Å². The van der Waals surface area contributed by atoms with E-state index < -0.39 is 12.2 Å². The summed E-state index contributed by atoms with van der Waals surface area (Å²) in [6.45, 7) is 3.25. The summed E-state index contributed by atoms with van der Waals surface area (Å²) in [5.74, 6) is 0.201. The predicted octanol–water partition coefficient (Wildman–Crippen LogP) is 5.81. The molecule has 0 heterocycles. The molecule has 0 aliphatic heterocycles. The first-order valence-electron chi connectivity index (χ1n) is 9.87. The van der Waals surface area contributed by atoms with E-state index in [0.29, 0.717) is 32.9 Å². The van der Waals surface area contributed by atoms with Crippen LogP contribution in [-0.4, -0.2) is 24.0 Å². The molecule has 6 nitrogen and oxygen atoms in total. The number of carbonyl (C=O) groups is 2. The van der Waals surface area contributed by atoms with E-state index >= 15 is 0 Å².